The number of methoxy groups -OCH3 is 1. The summed E-state index contributed by atoms with van der Waals surface area (Å²) in [6.07, 6.45) is 2.72. The van der Waals surface area contributed by atoms with Gasteiger partial charge in [0.1, 0.15) is 17.9 Å². The zero-order valence-corrected chi connectivity index (χ0v) is 14.4. The molecule has 0 aliphatic heterocycles. The molecule has 1 heterocycles. The van der Waals surface area contributed by atoms with Gasteiger partial charge in [0.05, 0.1) is 12.7 Å². The monoisotopic (exact) mass is 350 g/mol. The van der Waals surface area contributed by atoms with Gasteiger partial charge >= 0.3 is 11.6 Å². The molecule has 3 aromatic rings. The Bertz CT molecular complexity index is 1030. The van der Waals surface area contributed by atoms with Gasteiger partial charge in [0, 0.05) is 17.0 Å². The summed E-state index contributed by atoms with van der Waals surface area (Å²) in [5.41, 5.74) is 3.68. The van der Waals surface area contributed by atoms with Gasteiger partial charge < -0.3 is 13.9 Å². The number of benzene rings is 2. The van der Waals surface area contributed by atoms with Gasteiger partial charge in [-0.2, -0.15) is 0 Å². The fourth-order valence-corrected chi connectivity index (χ4v) is 3.38. The van der Waals surface area contributed by atoms with Crippen LogP contribution < -0.4 is 10.4 Å². The summed E-state index contributed by atoms with van der Waals surface area (Å²) in [6.45, 7) is 0.349. The fourth-order valence-electron chi connectivity index (χ4n) is 3.38. The highest BCUT2D eigenvalue weighted by Gasteiger charge is 2.19. The van der Waals surface area contributed by atoms with Crippen LogP contribution in [0.2, 0.25) is 0 Å². The van der Waals surface area contributed by atoms with E-state index in [4.69, 9.17) is 9.15 Å². The highest BCUT2D eigenvalue weighted by Crippen LogP contribution is 2.29. The quantitative estimate of drug-likeness (QED) is 0.531. The van der Waals surface area contributed by atoms with Crippen molar-refractivity contribution in [3.63, 3.8) is 0 Å². The van der Waals surface area contributed by atoms with Crippen LogP contribution in [0.25, 0.3) is 11.0 Å². The SMILES string of the molecule is COC(=O)c1ccc(COc2ccc3c4c(c(=O)oc3c2)CCC4)cc1. The summed E-state index contributed by atoms with van der Waals surface area (Å²) in [7, 11) is 1.35. The number of rotatable bonds is 4. The molecule has 0 unspecified atom stereocenters. The van der Waals surface area contributed by atoms with Crippen molar-refractivity contribution >= 4 is 16.9 Å². The Morgan fingerprint density at radius 2 is 1.85 bits per heavy atom. The zero-order chi connectivity index (χ0) is 18.1. The molecule has 0 amide bonds. The first kappa shape index (κ1) is 16.4. The average Bonchev–Trinajstić information content (AvgIpc) is 3.17. The second-order valence-electron chi connectivity index (χ2n) is 6.34. The molecule has 26 heavy (non-hydrogen) atoms. The maximum atomic E-state index is 12.1. The van der Waals surface area contributed by atoms with Crippen molar-refractivity contribution in [2.75, 3.05) is 7.11 Å². The van der Waals surface area contributed by atoms with E-state index in [9.17, 15) is 9.59 Å². The summed E-state index contributed by atoms with van der Waals surface area (Å²) >= 11 is 0. The lowest BCUT2D eigenvalue weighted by Crippen LogP contribution is -2.07. The minimum atomic E-state index is -0.366. The molecule has 5 nitrogen and oxygen atoms in total. The molecule has 0 saturated heterocycles. The van der Waals surface area contributed by atoms with Gasteiger partial charge in [-0.1, -0.05) is 12.1 Å². The molecular weight excluding hydrogens is 332 g/mol. The van der Waals surface area contributed by atoms with E-state index in [-0.39, 0.29) is 11.6 Å². The summed E-state index contributed by atoms with van der Waals surface area (Å²) in [5, 5.41) is 0.992. The number of hydrogen-bond acceptors (Lipinski definition) is 5. The van der Waals surface area contributed by atoms with E-state index >= 15 is 0 Å². The Morgan fingerprint density at radius 1 is 1.08 bits per heavy atom. The third-order valence-electron chi connectivity index (χ3n) is 4.73. The van der Waals surface area contributed by atoms with E-state index in [1.165, 1.54) is 7.11 Å². The van der Waals surface area contributed by atoms with Crippen LogP contribution in [0, 0.1) is 0 Å². The predicted molar refractivity (Wildman–Crippen MR) is 96.6 cm³/mol. The normalized spacial score (nSPS) is 12.8. The average molecular weight is 350 g/mol. The lowest BCUT2D eigenvalue weighted by molar-refractivity contribution is 0.0600. The maximum Gasteiger partial charge on any atom is 0.339 e. The number of carbonyl (C=O) groups is 1. The topological polar surface area (TPSA) is 65.7 Å². The Labute approximate surface area is 150 Å². The number of aryl methyl sites for hydroxylation is 1. The van der Waals surface area contributed by atoms with E-state index in [1.54, 1.807) is 18.2 Å². The molecular formula is C21H18O5. The molecule has 0 fully saturated rings. The molecule has 1 aliphatic rings. The van der Waals surface area contributed by atoms with Crippen molar-refractivity contribution in [2.45, 2.75) is 25.9 Å². The summed E-state index contributed by atoms with van der Waals surface area (Å²) in [4.78, 5) is 23.5. The third kappa shape index (κ3) is 2.96. The van der Waals surface area contributed by atoms with Crippen LogP contribution in [0.3, 0.4) is 0 Å². The lowest BCUT2D eigenvalue weighted by atomic mass is 10.1. The van der Waals surface area contributed by atoms with E-state index in [0.717, 1.165) is 41.3 Å². The second-order valence-corrected chi connectivity index (χ2v) is 6.34. The van der Waals surface area contributed by atoms with E-state index in [0.29, 0.717) is 23.5 Å². The fraction of sp³-hybridized carbons (Fsp3) is 0.238. The van der Waals surface area contributed by atoms with Crippen LogP contribution in [0.5, 0.6) is 5.75 Å². The Morgan fingerprint density at radius 3 is 2.62 bits per heavy atom. The predicted octanol–water partition coefficient (Wildman–Crippen LogP) is 3.65. The van der Waals surface area contributed by atoms with Gasteiger partial charge in [0.25, 0.3) is 0 Å². The van der Waals surface area contributed by atoms with E-state index < -0.39 is 0 Å². The molecule has 132 valence electrons. The summed E-state index contributed by atoms with van der Waals surface area (Å²) in [6, 6.07) is 12.7. The van der Waals surface area contributed by atoms with Gasteiger partial charge in [-0.05, 0) is 54.7 Å². The molecule has 0 bridgehead atoms. The number of esters is 1. The van der Waals surface area contributed by atoms with Crippen molar-refractivity contribution < 1.29 is 18.7 Å². The number of carbonyl (C=O) groups excluding carboxylic acids is 1. The van der Waals surface area contributed by atoms with Crippen molar-refractivity contribution in [3.05, 3.63) is 75.1 Å². The van der Waals surface area contributed by atoms with Crippen LogP contribution in [0.4, 0.5) is 0 Å². The molecule has 5 heteroatoms. The molecule has 1 aliphatic carbocycles. The van der Waals surface area contributed by atoms with Crippen molar-refractivity contribution in [1.82, 2.24) is 0 Å². The van der Waals surface area contributed by atoms with Crippen molar-refractivity contribution in [3.8, 4) is 5.75 Å². The summed E-state index contributed by atoms with van der Waals surface area (Å²) < 4.78 is 16.0. The minimum Gasteiger partial charge on any atom is -0.489 e. The van der Waals surface area contributed by atoms with E-state index in [2.05, 4.69) is 4.74 Å². The van der Waals surface area contributed by atoms with Crippen LogP contribution in [0.1, 0.15) is 33.5 Å². The van der Waals surface area contributed by atoms with Crippen LogP contribution in [-0.2, 0) is 24.2 Å². The van der Waals surface area contributed by atoms with Crippen LogP contribution in [0.15, 0.2) is 51.7 Å². The summed E-state index contributed by atoms with van der Waals surface area (Å²) in [5.74, 6) is 0.269. The molecule has 0 spiro atoms. The van der Waals surface area contributed by atoms with Crippen molar-refractivity contribution in [1.29, 1.82) is 0 Å². The first-order valence-electron chi connectivity index (χ1n) is 8.54. The van der Waals surface area contributed by atoms with Gasteiger partial charge in [0.15, 0.2) is 0 Å². The zero-order valence-electron chi connectivity index (χ0n) is 14.4. The first-order chi connectivity index (χ1) is 12.7. The lowest BCUT2D eigenvalue weighted by Gasteiger charge is -2.09. The number of ether oxygens (including phenoxy) is 2. The van der Waals surface area contributed by atoms with E-state index in [1.807, 2.05) is 24.3 Å². The standard InChI is InChI=1S/C21H18O5/c1-24-20(22)14-7-5-13(6-8-14)12-25-15-9-10-17-16-3-2-4-18(16)21(23)26-19(17)11-15/h5-11H,2-4,12H2,1H3. The van der Waals surface area contributed by atoms with Gasteiger partial charge in [-0.25, -0.2) is 9.59 Å². The van der Waals surface area contributed by atoms with Gasteiger partial charge in [-0.15, -0.1) is 0 Å². The van der Waals surface area contributed by atoms with Gasteiger partial charge in [0.2, 0.25) is 0 Å². The number of hydrogen-bond donors (Lipinski definition) is 0. The minimum absolute atomic E-state index is 0.236. The second kappa shape index (κ2) is 6.67. The molecule has 0 N–H and O–H groups in total. The van der Waals surface area contributed by atoms with Crippen LogP contribution >= 0.6 is 0 Å². The smallest absolute Gasteiger partial charge is 0.339 e. The third-order valence-corrected chi connectivity index (χ3v) is 4.73. The molecule has 0 radical (unpaired) electrons. The highest BCUT2D eigenvalue weighted by molar-refractivity contribution is 5.89. The highest BCUT2D eigenvalue weighted by atomic mass is 16.5. The first-order valence-corrected chi connectivity index (χ1v) is 8.54. The molecule has 0 saturated carbocycles. The Kier molecular flexibility index (Phi) is 4.21. The Balaban J connectivity index is 1.54. The van der Waals surface area contributed by atoms with Crippen LogP contribution in [-0.4, -0.2) is 13.1 Å². The molecule has 0 atom stereocenters. The molecule has 4 rings (SSSR count). The largest absolute Gasteiger partial charge is 0.489 e. The molecule has 1 aromatic heterocycles. The number of fused-ring (bicyclic) bond motifs is 3. The maximum absolute atomic E-state index is 12.1. The molecule has 2 aromatic carbocycles. The Hall–Kier alpha value is -3.08. The van der Waals surface area contributed by atoms with Gasteiger partial charge in [-0.3, -0.25) is 0 Å². The van der Waals surface area contributed by atoms with Crippen molar-refractivity contribution in [2.24, 2.45) is 0 Å².